The van der Waals surface area contributed by atoms with Crippen LogP contribution in [0.2, 0.25) is 0 Å². The number of benzene rings is 1. The molecule has 0 aromatic heterocycles. The second-order valence-corrected chi connectivity index (χ2v) is 6.56. The van der Waals surface area contributed by atoms with E-state index in [1.807, 2.05) is 23.9 Å². The van der Waals surface area contributed by atoms with Crippen molar-refractivity contribution in [3.05, 3.63) is 35.4 Å². The summed E-state index contributed by atoms with van der Waals surface area (Å²) in [4.78, 5) is 13.8. The van der Waals surface area contributed by atoms with E-state index in [-0.39, 0.29) is 5.91 Å². The van der Waals surface area contributed by atoms with Crippen molar-refractivity contribution in [1.82, 2.24) is 4.90 Å². The van der Waals surface area contributed by atoms with Gasteiger partial charge in [-0.2, -0.15) is 11.8 Å². The molecule has 1 saturated heterocycles. The molecular weight excluding hydrogens is 268 g/mol. The molecule has 2 N–H and O–H groups in total. The van der Waals surface area contributed by atoms with Gasteiger partial charge in [-0.3, -0.25) is 4.79 Å². The number of nitrogens with zero attached hydrogens (tertiary/aromatic N) is 1. The molecule has 1 aliphatic rings. The highest BCUT2D eigenvalue weighted by molar-refractivity contribution is 7.98. The highest BCUT2D eigenvalue weighted by atomic mass is 32.2. The maximum atomic E-state index is 11.2. The van der Waals surface area contributed by atoms with Gasteiger partial charge in [0.2, 0.25) is 5.91 Å². The number of carbonyl (C=O) groups excluding carboxylic acids is 1. The molecule has 0 spiro atoms. The van der Waals surface area contributed by atoms with Crippen molar-refractivity contribution in [3.63, 3.8) is 0 Å². The largest absolute Gasteiger partial charge is 0.366 e. The van der Waals surface area contributed by atoms with Crippen LogP contribution in [0, 0.1) is 5.92 Å². The molecule has 1 fully saturated rings. The summed E-state index contributed by atoms with van der Waals surface area (Å²) >= 11 is 1.92. The summed E-state index contributed by atoms with van der Waals surface area (Å²) in [5.74, 6) is 1.63. The van der Waals surface area contributed by atoms with Crippen LogP contribution in [0.15, 0.2) is 24.3 Å². The molecule has 1 unspecified atom stereocenters. The lowest BCUT2D eigenvalue weighted by Crippen LogP contribution is -2.22. The van der Waals surface area contributed by atoms with Crippen molar-refractivity contribution in [2.75, 3.05) is 31.6 Å². The molecule has 1 aromatic rings. The van der Waals surface area contributed by atoms with Gasteiger partial charge in [0, 0.05) is 12.1 Å². The molecule has 0 bridgehead atoms. The van der Waals surface area contributed by atoms with E-state index >= 15 is 0 Å². The third-order valence-electron chi connectivity index (χ3n) is 3.93. The van der Waals surface area contributed by atoms with Crippen LogP contribution in [0.4, 0.5) is 0 Å². The van der Waals surface area contributed by atoms with Crippen molar-refractivity contribution < 1.29 is 4.79 Å². The van der Waals surface area contributed by atoms with Crippen LogP contribution in [0.5, 0.6) is 0 Å². The van der Waals surface area contributed by atoms with Crippen LogP contribution >= 0.6 is 11.8 Å². The quantitative estimate of drug-likeness (QED) is 0.785. The molecule has 1 aromatic carbocycles. The second kappa shape index (κ2) is 7.70. The standard InChI is InChI=1S/C16H24N2OS/c1-20-9-3-7-18-8-6-14(12-18)10-13-4-2-5-15(11-13)16(17)19/h2,4-5,11,14H,3,6-10,12H2,1H3,(H2,17,19). The Morgan fingerprint density at radius 3 is 3.10 bits per heavy atom. The Labute approximate surface area is 125 Å². The van der Waals surface area contributed by atoms with Crippen LogP contribution < -0.4 is 5.73 Å². The molecule has 0 aliphatic carbocycles. The average Bonchev–Trinajstić information content (AvgIpc) is 2.87. The van der Waals surface area contributed by atoms with Crippen LogP contribution in [0.25, 0.3) is 0 Å². The number of amides is 1. The van der Waals surface area contributed by atoms with Crippen LogP contribution in [-0.4, -0.2) is 42.4 Å². The fourth-order valence-corrected chi connectivity index (χ4v) is 3.32. The Morgan fingerprint density at radius 1 is 1.50 bits per heavy atom. The predicted molar refractivity (Wildman–Crippen MR) is 86.2 cm³/mol. The normalized spacial score (nSPS) is 19.4. The molecule has 0 saturated carbocycles. The summed E-state index contributed by atoms with van der Waals surface area (Å²) in [6.45, 7) is 3.63. The van der Waals surface area contributed by atoms with E-state index in [4.69, 9.17) is 5.73 Å². The van der Waals surface area contributed by atoms with Gasteiger partial charge in [0.25, 0.3) is 0 Å². The number of hydrogen-bond acceptors (Lipinski definition) is 3. The Balaban J connectivity index is 1.82. The SMILES string of the molecule is CSCCCN1CCC(Cc2cccc(C(N)=O)c2)C1. The zero-order valence-electron chi connectivity index (χ0n) is 12.2. The van der Waals surface area contributed by atoms with E-state index in [0.717, 1.165) is 6.42 Å². The molecule has 1 atom stereocenters. The minimum atomic E-state index is -0.336. The highest BCUT2D eigenvalue weighted by Gasteiger charge is 2.22. The summed E-state index contributed by atoms with van der Waals surface area (Å²) in [6.07, 6.45) is 5.77. The molecule has 1 heterocycles. The van der Waals surface area contributed by atoms with Crippen molar-refractivity contribution in [1.29, 1.82) is 0 Å². The van der Waals surface area contributed by atoms with Gasteiger partial charge in [0.15, 0.2) is 0 Å². The molecule has 1 amide bonds. The number of likely N-dealkylation sites (tertiary alicyclic amines) is 1. The van der Waals surface area contributed by atoms with E-state index in [1.54, 1.807) is 6.07 Å². The van der Waals surface area contributed by atoms with Gasteiger partial charge in [-0.1, -0.05) is 12.1 Å². The fourth-order valence-electron chi connectivity index (χ4n) is 2.90. The first-order chi connectivity index (χ1) is 9.69. The van der Waals surface area contributed by atoms with Gasteiger partial charge >= 0.3 is 0 Å². The lowest BCUT2D eigenvalue weighted by molar-refractivity contribution is 0.1000. The lowest BCUT2D eigenvalue weighted by atomic mass is 9.97. The number of primary amides is 1. The first-order valence-electron chi connectivity index (χ1n) is 7.29. The zero-order valence-corrected chi connectivity index (χ0v) is 13.0. The average molecular weight is 292 g/mol. The molecule has 2 rings (SSSR count). The minimum absolute atomic E-state index is 0.336. The number of carbonyl (C=O) groups is 1. The third kappa shape index (κ3) is 4.53. The molecular formula is C16H24N2OS. The van der Waals surface area contributed by atoms with Gasteiger partial charge in [0.05, 0.1) is 0 Å². The Bertz CT molecular complexity index is 450. The summed E-state index contributed by atoms with van der Waals surface area (Å²) < 4.78 is 0. The monoisotopic (exact) mass is 292 g/mol. The van der Waals surface area contributed by atoms with Crippen LogP contribution in [0.3, 0.4) is 0 Å². The van der Waals surface area contributed by atoms with Crippen LogP contribution in [0.1, 0.15) is 28.8 Å². The maximum Gasteiger partial charge on any atom is 0.248 e. The van der Waals surface area contributed by atoms with Crippen molar-refractivity contribution in [2.45, 2.75) is 19.3 Å². The topological polar surface area (TPSA) is 46.3 Å². The number of rotatable bonds is 7. The van der Waals surface area contributed by atoms with Gasteiger partial charge in [-0.25, -0.2) is 0 Å². The summed E-state index contributed by atoms with van der Waals surface area (Å²) in [5, 5.41) is 0. The van der Waals surface area contributed by atoms with Gasteiger partial charge < -0.3 is 10.6 Å². The van der Waals surface area contributed by atoms with Crippen molar-refractivity contribution >= 4 is 17.7 Å². The second-order valence-electron chi connectivity index (χ2n) is 5.57. The zero-order chi connectivity index (χ0) is 14.4. The van der Waals surface area contributed by atoms with E-state index in [2.05, 4.69) is 17.2 Å². The van der Waals surface area contributed by atoms with Crippen molar-refractivity contribution in [3.8, 4) is 0 Å². The van der Waals surface area contributed by atoms with E-state index < -0.39 is 0 Å². The Kier molecular flexibility index (Phi) is 5.92. The van der Waals surface area contributed by atoms with Gasteiger partial charge in [-0.15, -0.1) is 0 Å². The molecule has 3 nitrogen and oxygen atoms in total. The van der Waals surface area contributed by atoms with Gasteiger partial charge in [-0.05, 0) is 68.0 Å². The number of thioether (sulfide) groups is 1. The first-order valence-corrected chi connectivity index (χ1v) is 8.68. The summed E-state index contributed by atoms with van der Waals surface area (Å²) in [5.41, 5.74) is 7.19. The van der Waals surface area contributed by atoms with Crippen LogP contribution in [-0.2, 0) is 6.42 Å². The maximum absolute atomic E-state index is 11.2. The lowest BCUT2D eigenvalue weighted by Gasteiger charge is -2.15. The van der Waals surface area contributed by atoms with E-state index in [9.17, 15) is 4.79 Å². The highest BCUT2D eigenvalue weighted by Crippen LogP contribution is 2.21. The first kappa shape index (κ1) is 15.4. The molecule has 1 aliphatic heterocycles. The Hall–Kier alpha value is -1.00. The third-order valence-corrected chi connectivity index (χ3v) is 4.63. The van der Waals surface area contributed by atoms with E-state index in [0.29, 0.717) is 11.5 Å². The molecule has 4 heteroatoms. The number of nitrogens with two attached hydrogens (primary N) is 1. The fraction of sp³-hybridized carbons (Fsp3) is 0.562. The summed E-state index contributed by atoms with van der Waals surface area (Å²) in [6, 6.07) is 7.76. The molecule has 0 radical (unpaired) electrons. The van der Waals surface area contributed by atoms with E-state index in [1.165, 1.54) is 43.8 Å². The summed E-state index contributed by atoms with van der Waals surface area (Å²) in [7, 11) is 0. The minimum Gasteiger partial charge on any atom is -0.366 e. The Morgan fingerprint density at radius 2 is 2.35 bits per heavy atom. The number of hydrogen-bond donors (Lipinski definition) is 1. The predicted octanol–water partition coefficient (Wildman–Crippen LogP) is 2.40. The molecule has 110 valence electrons. The van der Waals surface area contributed by atoms with Crippen molar-refractivity contribution in [2.24, 2.45) is 11.7 Å². The smallest absolute Gasteiger partial charge is 0.248 e. The van der Waals surface area contributed by atoms with Gasteiger partial charge in [0.1, 0.15) is 0 Å². The molecule has 20 heavy (non-hydrogen) atoms.